The van der Waals surface area contributed by atoms with Gasteiger partial charge in [-0.05, 0) is 56.1 Å². The predicted octanol–water partition coefficient (Wildman–Crippen LogP) is 8.63. The first-order valence-electron chi connectivity index (χ1n) is 12.3. The van der Waals surface area contributed by atoms with E-state index < -0.39 is 0 Å². The molecule has 0 heteroatoms. The lowest BCUT2D eigenvalue weighted by molar-refractivity contribution is 0.378. The molecular weight excluding hydrogens is 348 g/mol. The summed E-state index contributed by atoms with van der Waals surface area (Å²) in [6, 6.07) is 18.4. The lowest BCUT2D eigenvalue weighted by Crippen LogP contribution is -2.07. The maximum atomic E-state index is 2.35. The fraction of sp³-hybridized carbons (Fsp3) is 0.586. The molecule has 29 heavy (non-hydrogen) atoms. The van der Waals surface area contributed by atoms with Gasteiger partial charge in [-0.1, -0.05) is 124 Å². The molecule has 1 atom stereocenters. The van der Waals surface area contributed by atoms with Gasteiger partial charge < -0.3 is 0 Å². The molecule has 0 aliphatic heterocycles. The summed E-state index contributed by atoms with van der Waals surface area (Å²) in [5.41, 5.74) is 5.76. The number of rotatable bonds is 10. The lowest BCUT2D eigenvalue weighted by Gasteiger charge is -2.19. The highest BCUT2D eigenvalue weighted by Gasteiger charge is 2.14. The summed E-state index contributed by atoms with van der Waals surface area (Å²) < 4.78 is 0. The fourth-order valence-corrected chi connectivity index (χ4v) is 5.05. The van der Waals surface area contributed by atoms with Gasteiger partial charge >= 0.3 is 0 Å². The average molecular weight is 391 g/mol. The molecule has 2 aromatic carbocycles. The van der Waals surface area contributed by atoms with Crippen LogP contribution in [0.3, 0.4) is 0 Å². The van der Waals surface area contributed by atoms with Crippen molar-refractivity contribution in [1.29, 1.82) is 0 Å². The topological polar surface area (TPSA) is 0 Å². The summed E-state index contributed by atoms with van der Waals surface area (Å²) in [6.45, 7) is 4.37. The highest BCUT2D eigenvalue weighted by atomic mass is 14.2. The minimum absolute atomic E-state index is 0.813. The molecule has 2 aromatic rings. The Morgan fingerprint density at radius 2 is 1.28 bits per heavy atom. The second kappa shape index (κ2) is 12.2. The molecule has 1 unspecified atom stereocenters. The van der Waals surface area contributed by atoms with Crippen LogP contribution in [0.25, 0.3) is 0 Å². The molecule has 1 fully saturated rings. The van der Waals surface area contributed by atoms with Crippen molar-refractivity contribution in [3.63, 3.8) is 0 Å². The minimum atomic E-state index is 0.813. The zero-order valence-corrected chi connectivity index (χ0v) is 19.0. The molecule has 0 spiro atoms. The average Bonchev–Trinajstić information content (AvgIpc) is 3.01. The van der Waals surface area contributed by atoms with E-state index in [9.17, 15) is 0 Å². The van der Waals surface area contributed by atoms with Crippen LogP contribution in [0.4, 0.5) is 0 Å². The molecule has 0 heterocycles. The monoisotopic (exact) mass is 390 g/mol. The van der Waals surface area contributed by atoms with Crippen molar-refractivity contribution < 1.29 is 0 Å². The van der Waals surface area contributed by atoms with Crippen LogP contribution in [-0.4, -0.2) is 0 Å². The van der Waals surface area contributed by atoms with Crippen LogP contribution in [0, 0.1) is 25.7 Å². The van der Waals surface area contributed by atoms with E-state index >= 15 is 0 Å². The summed E-state index contributed by atoms with van der Waals surface area (Å²) in [7, 11) is 0. The Bertz CT molecular complexity index is 671. The highest BCUT2D eigenvalue weighted by molar-refractivity contribution is 5.23. The van der Waals surface area contributed by atoms with Gasteiger partial charge in [0.25, 0.3) is 0 Å². The van der Waals surface area contributed by atoms with Crippen molar-refractivity contribution in [3.8, 4) is 0 Å². The Kier molecular flexibility index (Phi) is 9.32. The maximum absolute atomic E-state index is 2.35. The largest absolute Gasteiger partial charge is 0.0591 e. The van der Waals surface area contributed by atoms with E-state index in [-0.39, 0.29) is 0 Å². The normalized spacial score (nSPS) is 16.5. The van der Waals surface area contributed by atoms with Crippen LogP contribution < -0.4 is 0 Å². The number of aryl methyl sites for hydroxylation is 3. The molecule has 0 aromatic heterocycles. The molecule has 158 valence electrons. The Hall–Kier alpha value is -1.56. The molecule has 0 bridgehead atoms. The number of hydrogen-bond donors (Lipinski definition) is 0. The Balaban J connectivity index is 1.48. The van der Waals surface area contributed by atoms with E-state index in [0.717, 1.165) is 11.8 Å². The highest BCUT2D eigenvalue weighted by Crippen LogP contribution is 2.28. The van der Waals surface area contributed by atoms with Crippen LogP contribution in [0.5, 0.6) is 0 Å². The first-order valence-corrected chi connectivity index (χ1v) is 12.3. The third-order valence-electron chi connectivity index (χ3n) is 7.06. The molecule has 0 nitrogen and oxygen atoms in total. The third-order valence-corrected chi connectivity index (χ3v) is 7.06. The summed E-state index contributed by atoms with van der Waals surface area (Å²) in [4.78, 5) is 0. The van der Waals surface area contributed by atoms with Gasteiger partial charge in [0.2, 0.25) is 0 Å². The lowest BCUT2D eigenvalue weighted by atomic mass is 9.87. The molecule has 1 saturated carbocycles. The zero-order valence-electron chi connectivity index (χ0n) is 19.0. The first-order chi connectivity index (χ1) is 14.2. The van der Waals surface area contributed by atoms with Crippen LogP contribution in [0.1, 0.15) is 92.9 Å². The van der Waals surface area contributed by atoms with Crippen LogP contribution in [-0.2, 0) is 12.8 Å². The SMILES string of the molecule is Cc1ccc(CCC(CCCCC2CCCCCC2)Cc2ccc(C)cc2)cc1. The van der Waals surface area contributed by atoms with Crippen LogP contribution in [0.2, 0.25) is 0 Å². The first kappa shape index (κ1) is 22.1. The van der Waals surface area contributed by atoms with E-state index in [1.807, 2.05) is 0 Å². The van der Waals surface area contributed by atoms with Crippen LogP contribution >= 0.6 is 0 Å². The van der Waals surface area contributed by atoms with Gasteiger partial charge in [0.1, 0.15) is 0 Å². The van der Waals surface area contributed by atoms with E-state index in [0.29, 0.717) is 0 Å². The Morgan fingerprint density at radius 3 is 1.90 bits per heavy atom. The molecular formula is C29H42. The molecule has 1 aliphatic rings. The van der Waals surface area contributed by atoms with Crippen LogP contribution in [0.15, 0.2) is 48.5 Å². The molecule has 0 saturated heterocycles. The van der Waals surface area contributed by atoms with Crippen molar-refractivity contribution in [2.45, 2.75) is 97.3 Å². The van der Waals surface area contributed by atoms with Gasteiger partial charge in [0, 0.05) is 0 Å². The van der Waals surface area contributed by atoms with E-state index in [2.05, 4.69) is 62.4 Å². The summed E-state index contributed by atoms with van der Waals surface area (Å²) in [5.74, 6) is 1.84. The van der Waals surface area contributed by atoms with E-state index in [1.54, 1.807) is 0 Å². The smallest absolute Gasteiger partial charge is 0.0250 e. The molecule has 0 amide bonds. The molecule has 0 radical (unpaired) electrons. The fourth-order valence-electron chi connectivity index (χ4n) is 5.05. The van der Waals surface area contributed by atoms with Crippen molar-refractivity contribution in [3.05, 3.63) is 70.8 Å². The number of unbranched alkanes of at least 4 members (excludes halogenated alkanes) is 1. The van der Waals surface area contributed by atoms with Gasteiger partial charge in [-0.3, -0.25) is 0 Å². The number of benzene rings is 2. The van der Waals surface area contributed by atoms with Gasteiger partial charge in [-0.15, -0.1) is 0 Å². The van der Waals surface area contributed by atoms with Gasteiger partial charge in [-0.25, -0.2) is 0 Å². The van der Waals surface area contributed by atoms with Crippen molar-refractivity contribution in [1.82, 2.24) is 0 Å². The predicted molar refractivity (Wildman–Crippen MR) is 128 cm³/mol. The quantitative estimate of drug-likeness (QED) is 0.281. The summed E-state index contributed by atoms with van der Waals surface area (Å²) >= 11 is 0. The van der Waals surface area contributed by atoms with E-state index in [1.165, 1.54) is 106 Å². The summed E-state index contributed by atoms with van der Waals surface area (Å²) in [5, 5.41) is 0. The molecule has 0 N–H and O–H groups in total. The Morgan fingerprint density at radius 1 is 0.690 bits per heavy atom. The molecule has 1 aliphatic carbocycles. The maximum Gasteiger partial charge on any atom is -0.0250 e. The summed E-state index contributed by atoms with van der Waals surface area (Å²) in [6.07, 6.45) is 18.5. The second-order valence-electron chi connectivity index (χ2n) is 9.72. The van der Waals surface area contributed by atoms with Crippen molar-refractivity contribution in [2.75, 3.05) is 0 Å². The van der Waals surface area contributed by atoms with E-state index in [4.69, 9.17) is 0 Å². The standard InChI is InChI=1S/C29H42/c1-24-13-17-27(18-14-24)21-22-28(23-29-19-15-25(2)16-20-29)12-8-7-11-26-9-5-3-4-6-10-26/h13-20,26,28H,3-12,21-23H2,1-2H3. The van der Waals surface area contributed by atoms with Gasteiger partial charge in [-0.2, -0.15) is 0 Å². The second-order valence-corrected chi connectivity index (χ2v) is 9.72. The number of hydrogen-bond acceptors (Lipinski definition) is 0. The van der Waals surface area contributed by atoms with Crippen molar-refractivity contribution >= 4 is 0 Å². The van der Waals surface area contributed by atoms with Gasteiger partial charge in [0.15, 0.2) is 0 Å². The zero-order chi connectivity index (χ0) is 20.3. The minimum Gasteiger partial charge on any atom is -0.0591 e. The Labute approximate surface area is 180 Å². The van der Waals surface area contributed by atoms with Gasteiger partial charge in [0.05, 0.1) is 0 Å². The molecule has 3 rings (SSSR count). The third kappa shape index (κ3) is 8.37. The van der Waals surface area contributed by atoms with Crippen molar-refractivity contribution in [2.24, 2.45) is 11.8 Å².